The Bertz CT molecular complexity index is 640. The molecule has 0 bridgehead atoms. The molecule has 0 spiro atoms. The third-order valence-electron chi connectivity index (χ3n) is 5.02. The Morgan fingerprint density at radius 2 is 1.81 bits per heavy atom. The highest BCUT2D eigenvalue weighted by Crippen LogP contribution is 2.24. The number of carbonyl (C=O) groups excluding carboxylic acids is 1. The molecule has 1 aromatic carbocycles. The van der Waals surface area contributed by atoms with Crippen molar-refractivity contribution < 1.29 is 19.4 Å². The second-order valence-corrected chi connectivity index (χ2v) is 6.94. The molecule has 0 aliphatic carbocycles. The van der Waals surface area contributed by atoms with Gasteiger partial charge in [-0.05, 0) is 12.0 Å². The molecule has 2 aliphatic heterocycles. The summed E-state index contributed by atoms with van der Waals surface area (Å²) in [4.78, 5) is 28.2. The number of likely N-dealkylation sites (tertiary alicyclic amines) is 1. The Hall–Kier alpha value is -2.18. The summed E-state index contributed by atoms with van der Waals surface area (Å²) >= 11 is 0. The third kappa shape index (κ3) is 4.93. The van der Waals surface area contributed by atoms with Crippen LogP contribution < -0.4 is 0 Å². The molecule has 1 N–H and O–H groups in total. The van der Waals surface area contributed by atoms with Crippen LogP contribution in [0.1, 0.15) is 12.0 Å². The molecule has 140 valence electrons. The van der Waals surface area contributed by atoms with E-state index in [2.05, 4.69) is 4.90 Å². The highest BCUT2D eigenvalue weighted by atomic mass is 16.5. The standard InChI is InChI=1S/C20H26N2O4/c23-19(22-9-11-26-12-10-22)17-13-18(20(24)25)15-21(14-17)8-4-7-16-5-2-1-3-6-16/h1-7,17-18H,8-15H2,(H,24,25)/b7-4+/t17-,18+/m1/s1. The minimum absolute atomic E-state index is 0.0660. The lowest BCUT2D eigenvalue weighted by Crippen LogP contribution is -2.51. The van der Waals surface area contributed by atoms with Crippen LogP contribution in [0.4, 0.5) is 0 Å². The normalized spacial score (nSPS) is 24.7. The summed E-state index contributed by atoms with van der Waals surface area (Å²) in [6.07, 6.45) is 4.49. The smallest absolute Gasteiger partial charge is 0.307 e. The van der Waals surface area contributed by atoms with Crippen LogP contribution in [0.15, 0.2) is 36.4 Å². The molecule has 1 amide bonds. The number of piperidine rings is 1. The van der Waals surface area contributed by atoms with Crippen molar-refractivity contribution in [2.24, 2.45) is 11.8 Å². The maximum Gasteiger partial charge on any atom is 0.307 e. The first-order valence-corrected chi connectivity index (χ1v) is 9.17. The first kappa shape index (κ1) is 18.6. The lowest BCUT2D eigenvalue weighted by molar-refractivity contribution is -0.148. The van der Waals surface area contributed by atoms with E-state index in [0.717, 1.165) is 5.56 Å². The highest BCUT2D eigenvalue weighted by molar-refractivity contribution is 5.80. The number of carboxylic acids is 1. The van der Waals surface area contributed by atoms with Gasteiger partial charge < -0.3 is 14.7 Å². The number of carboxylic acid groups (broad SMARTS) is 1. The number of carbonyl (C=O) groups is 2. The monoisotopic (exact) mass is 358 g/mol. The fraction of sp³-hybridized carbons (Fsp3) is 0.500. The molecule has 0 saturated carbocycles. The van der Waals surface area contributed by atoms with Gasteiger partial charge in [-0.15, -0.1) is 0 Å². The number of hydrogen-bond acceptors (Lipinski definition) is 4. The van der Waals surface area contributed by atoms with Crippen molar-refractivity contribution in [3.05, 3.63) is 42.0 Å². The van der Waals surface area contributed by atoms with Crippen molar-refractivity contribution in [3.8, 4) is 0 Å². The fourth-order valence-corrected chi connectivity index (χ4v) is 3.64. The van der Waals surface area contributed by atoms with Crippen molar-refractivity contribution in [3.63, 3.8) is 0 Å². The zero-order valence-corrected chi connectivity index (χ0v) is 14.9. The zero-order valence-electron chi connectivity index (χ0n) is 14.9. The van der Waals surface area contributed by atoms with Gasteiger partial charge >= 0.3 is 5.97 Å². The molecule has 0 aromatic heterocycles. The van der Waals surface area contributed by atoms with Gasteiger partial charge in [0.05, 0.1) is 25.0 Å². The van der Waals surface area contributed by atoms with Crippen LogP contribution >= 0.6 is 0 Å². The van der Waals surface area contributed by atoms with Crippen LogP contribution in [-0.4, -0.2) is 72.7 Å². The van der Waals surface area contributed by atoms with E-state index in [4.69, 9.17) is 4.74 Å². The average Bonchev–Trinajstić information content (AvgIpc) is 2.68. The Balaban J connectivity index is 1.62. The van der Waals surface area contributed by atoms with Gasteiger partial charge in [-0.1, -0.05) is 42.5 Å². The van der Waals surface area contributed by atoms with E-state index >= 15 is 0 Å². The van der Waals surface area contributed by atoms with E-state index in [0.29, 0.717) is 52.4 Å². The van der Waals surface area contributed by atoms with Crippen LogP contribution in [0.25, 0.3) is 6.08 Å². The summed E-state index contributed by atoms with van der Waals surface area (Å²) in [5.74, 6) is -1.50. The van der Waals surface area contributed by atoms with Crippen LogP contribution in [0, 0.1) is 11.8 Å². The number of morpholine rings is 1. The first-order chi connectivity index (χ1) is 12.6. The molecule has 6 heteroatoms. The Morgan fingerprint density at radius 1 is 1.12 bits per heavy atom. The van der Waals surface area contributed by atoms with Crippen LogP contribution in [0.2, 0.25) is 0 Å². The highest BCUT2D eigenvalue weighted by Gasteiger charge is 2.36. The Labute approximate surface area is 154 Å². The molecule has 6 nitrogen and oxygen atoms in total. The Morgan fingerprint density at radius 3 is 2.50 bits per heavy atom. The number of hydrogen-bond donors (Lipinski definition) is 1. The number of amides is 1. The molecule has 3 rings (SSSR count). The van der Waals surface area contributed by atoms with Gasteiger partial charge in [-0.3, -0.25) is 14.5 Å². The molecule has 2 fully saturated rings. The summed E-state index contributed by atoms with van der Waals surface area (Å²) < 4.78 is 5.31. The summed E-state index contributed by atoms with van der Waals surface area (Å²) in [5, 5.41) is 9.48. The van der Waals surface area contributed by atoms with Crippen LogP contribution in [0.5, 0.6) is 0 Å². The maximum absolute atomic E-state index is 12.8. The molecule has 2 atom stereocenters. The second-order valence-electron chi connectivity index (χ2n) is 6.94. The molecule has 0 unspecified atom stereocenters. The largest absolute Gasteiger partial charge is 0.481 e. The summed E-state index contributed by atoms with van der Waals surface area (Å²) in [7, 11) is 0. The molecule has 0 radical (unpaired) electrons. The summed E-state index contributed by atoms with van der Waals surface area (Å²) in [5.41, 5.74) is 1.11. The van der Waals surface area contributed by atoms with Crippen molar-refractivity contribution in [1.82, 2.24) is 9.80 Å². The first-order valence-electron chi connectivity index (χ1n) is 9.17. The minimum Gasteiger partial charge on any atom is -0.481 e. The summed E-state index contributed by atoms with van der Waals surface area (Å²) in [6.45, 7) is 4.06. The zero-order chi connectivity index (χ0) is 18.4. The lowest BCUT2D eigenvalue weighted by Gasteiger charge is -2.38. The fourth-order valence-electron chi connectivity index (χ4n) is 3.64. The number of benzene rings is 1. The number of ether oxygens (including phenoxy) is 1. The van der Waals surface area contributed by atoms with E-state index < -0.39 is 11.9 Å². The van der Waals surface area contributed by atoms with Gasteiger partial charge in [0.2, 0.25) is 5.91 Å². The molecule has 2 aliphatic rings. The van der Waals surface area contributed by atoms with Gasteiger partial charge in [0, 0.05) is 32.7 Å². The number of nitrogens with zero attached hydrogens (tertiary/aromatic N) is 2. The quantitative estimate of drug-likeness (QED) is 0.865. The maximum atomic E-state index is 12.8. The SMILES string of the molecule is O=C(O)[C@H]1C[C@@H](C(=O)N2CCOCC2)CN(C/C=C/c2ccccc2)C1. The van der Waals surface area contributed by atoms with Gasteiger partial charge in [0.15, 0.2) is 0 Å². The molecular weight excluding hydrogens is 332 g/mol. The van der Waals surface area contributed by atoms with E-state index in [9.17, 15) is 14.7 Å². The molecule has 1 aromatic rings. The second kappa shape index (κ2) is 8.96. The topological polar surface area (TPSA) is 70.1 Å². The number of rotatable bonds is 5. The van der Waals surface area contributed by atoms with Crippen molar-refractivity contribution >= 4 is 18.0 Å². The van der Waals surface area contributed by atoms with E-state index in [-0.39, 0.29) is 11.8 Å². The van der Waals surface area contributed by atoms with Crippen LogP contribution in [0.3, 0.4) is 0 Å². The molecule has 2 heterocycles. The number of aliphatic carboxylic acids is 1. The minimum atomic E-state index is -0.818. The molecular formula is C20H26N2O4. The molecule has 2 saturated heterocycles. The predicted molar refractivity (Wildman–Crippen MR) is 98.5 cm³/mol. The van der Waals surface area contributed by atoms with Crippen molar-refractivity contribution in [1.29, 1.82) is 0 Å². The lowest BCUT2D eigenvalue weighted by atomic mass is 9.88. The summed E-state index contributed by atoms with van der Waals surface area (Å²) in [6, 6.07) is 9.99. The van der Waals surface area contributed by atoms with E-state index in [1.807, 2.05) is 47.4 Å². The Kier molecular flexibility index (Phi) is 6.41. The van der Waals surface area contributed by atoms with Gasteiger partial charge in [0.25, 0.3) is 0 Å². The van der Waals surface area contributed by atoms with Crippen LogP contribution in [-0.2, 0) is 14.3 Å². The predicted octanol–water partition coefficient (Wildman–Crippen LogP) is 1.58. The average molecular weight is 358 g/mol. The van der Waals surface area contributed by atoms with Crippen molar-refractivity contribution in [2.45, 2.75) is 6.42 Å². The third-order valence-corrected chi connectivity index (χ3v) is 5.02. The van der Waals surface area contributed by atoms with Crippen molar-refractivity contribution in [2.75, 3.05) is 45.9 Å². The molecule has 26 heavy (non-hydrogen) atoms. The van der Waals surface area contributed by atoms with Gasteiger partial charge in [-0.25, -0.2) is 0 Å². The van der Waals surface area contributed by atoms with E-state index in [1.165, 1.54) is 0 Å². The van der Waals surface area contributed by atoms with E-state index in [1.54, 1.807) is 0 Å². The van der Waals surface area contributed by atoms with Gasteiger partial charge in [-0.2, -0.15) is 0 Å². The van der Waals surface area contributed by atoms with Gasteiger partial charge in [0.1, 0.15) is 0 Å².